The fourth-order valence-corrected chi connectivity index (χ4v) is 4.35. The van der Waals surface area contributed by atoms with Gasteiger partial charge in [-0.25, -0.2) is 4.99 Å². The molecule has 0 aliphatic carbocycles. The van der Waals surface area contributed by atoms with Gasteiger partial charge in [-0.1, -0.05) is 53.6 Å². The van der Waals surface area contributed by atoms with E-state index in [1.807, 2.05) is 37.3 Å². The van der Waals surface area contributed by atoms with Crippen molar-refractivity contribution in [2.75, 3.05) is 6.54 Å². The van der Waals surface area contributed by atoms with Crippen molar-refractivity contribution in [2.24, 2.45) is 4.99 Å². The van der Waals surface area contributed by atoms with E-state index >= 15 is 0 Å². The molecule has 1 aliphatic rings. The standard InChI is InChI=1S/C25H22ClN3O2S/c1-3-29-24(30)23(32-25(29)28-22-11-12-27-15-21(22)26)14-19-5-4-6-20(13-19)31-16-18-9-7-17(2)8-10-18/h4-15H,3,16H2,1-2H3/b23-14-,28-25?. The van der Waals surface area contributed by atoms with Crippen molar-refractivity contribution < 1.29 is 9.53 Å². The van der Waals surface area contributed by atoms with Crippen LogP contribution < -0.4 is 4.74 Å². The Morgan fingerprint density at radius 1 is 1.19 bits per heavy atom. The molecule has 0 unspecified atom stereocenters. The quantitative estimate of drug-likeness (QED) is 0.405. The number of thioether (sulfide) groups is 1. The predicted octanol–water partition coefficient (Wildman–Crippen LogP) is 6.25. The van der Waals surface area contributed by atoms with E-state index in [-0.39, 0.29) is 5.91 Å². The number of aromatic nitrogens is 1. The van der Waals surface area contributed by atoms with Crippen LogP contribution in [0.1, 0.15) is 23.6 Å². The van der Waals surface area contributed by atoms with Crippen LogP contribution in [0.15, 0.2) is 76.9 Å². The molecule has 0 radical (unpaired) electrons. The number of amides is 1. The topological polar surface area (TPSA) is 54.8 Å². The van der Waals surface area contributed by atoms with Gasteiger partial charge in [0.1, 0.15) is 12.4 Å². The molecule has 0 atom stereocenters. The van der Waals surface area contributed by atoms with Crippen LogP contribution in [-0.2, 0) is 11.4 Å². The van der Waals surface area contributed by atoms with E-state index in [1.165, 1.54) is 23.5 Å². The second kappa shape index (κ2) is 10.0. The summed E-state index contributed by atoms with van der Waals surface area (Å²) in [4.78, 5) is 23.7. The van der Waals surface area contributed by atoms with Crippen LogP contribution in [0.25, 0.3) is 6.08 Å². The zero-order valence-corrected chi connectivity index (χ0v) is 19.4. The van der Waals surface area contributed by atoms with Gasteiger partial charge in [0.05, 0.1) is 15.6 Å². The van der Waals surface area contributed by atoms with Crippen LogP contribution in [0.2, 0.25) is 5.02 Å². The third kappa shape index (κ3) is 5.21. The normalized spacial score (nSPS) is 16.2. The highest BCUT2D eigenvalue weighted by Crippen LogP contribution is 2.35. The molecular weight excluding hydrogens is 442 g/mol. The number of nitrogens with zero attached hydrogens (tertiary/aromatic N) is 3. The average molecular weight is 464 g/mol. The number of aliphatic imine (C=N–C) groups is 1. The second-order valence-corrected chi connectivity index (χ2v) is 8.64. The zero-order valence-electron chi connectivity index (χ0n) is 17.8. The SMILES string of the molecule is CCN1C(=O)/C(=C/c2cccc(OCc3ccc(C)cc3)c2)SC1=Nc1ccncc1Cl. The molecule has 162 valence electrons. The molecule has 0 bridgehead atoms. The molecule has 3 aromatic rings. The fourth-order valence-electron chi connectivity index (χ4n) is 3.13. The minimum absolute atomic E-state index is 0.0765. The van der Waals surface area contributed by atoms with Crippen molar-refractivity contribution in [3.8, 4) is 5.75 Å². The second-order valence-electron chi connectivity index (χ2n) is 7.23. The molecule has 1 amide bonds. The predicted molar refractivity (Wildman–Crippen MR) is 131 cm³/mol. The number of benzene rings is 2. The summed E-state index contributed by atoms with van der Waals surface area (Å²) < 4.78 is 5.94. The smallest absolute Gasteiger partial charge is 0.266 e. The number of ether oxygens (including phenoxy) is 1. The summed E-state index contributed by atoms with van der Waals surface area (Å²) in [5, 5.41) is 1.04. The summed E-state index contributed by atoms with van der Waals surface area (Å²) in [6.07, 6.45) is 5.03. The van der Waals surface area contributed by atoms with E-state index in [0.29, 0.717) is 33.9 Å². The van der Waals surface area contributed by atoms with E-state index in [4.69, 9.17) is 16.3 Å². The lowest BCUT2D eigenvalue weighted by Crippen LogP contribution is -2.28. The van der Waals surface area contributed by atoms with Crippen LogP contribution in [0.3, 0.4) is 0 Å². The maximum atomic E-state index is 12.9. The highest BCUT2D eigenvalue weighted by Gasteiger charge is 2.32. The van der Waals surface area contributed by atoms with E-state index < -0.39 is 0 Å². The van der Waals surface area contributed by atoms with Crippen LogP contribution >= 0.6 is 23.4 Å². The summed E-state index contributed by atoms with van der Waals surface area (Å²) in [6, 6.07) is 17.7. The summed E-state index contributed by atoms with van der Waals surface area (Å²) >= 11 is 7.52. The Balaban J connectivity index is 1.53. The van der Waals surface area contributed by atoms with Gasteiger partial charge in [0.15, 0.2) is 5.17 Å². The molecule has 5 nitrogen and oxygen atoms in total. The minimum atomic E-state index is -0.0765. The molecule has 1 fully saturated rings. The number of carbonyl (C=O) groups excluding carboxylic acids is 1. The third-order valence-electron chi connectivity index (χ3n) is 4.85. The van der Waals surface area contributed by atoms with Gasteiger partial charge in [-0.3, -0.25) is 14.7 Å². The Kier molecular flexibility index (Phi) is 6.93. The largest absolute Gasteiger partial charge is 0.489 e. The van der Waals surface area contributed by atoms with Crippen LogP contribution in [0, 0.1) is 6.92 Å². The summed E-state index contributed by atoms with van der Waals surface area (Å²) in [6.45, 7) is 4.99. The molecule has 1 aliphatic heterocycles. The number of likely N-dealkylation sites (N-methyl/N-ethyl adjacent to an activating group) is 1. The summed E-state index contributed by atoms with van der Waals surface area (Å²) in [5.41, 5.74) is 3.80. The molecular formula is C25H22ClN3O2S. The zero-order chi connectivity index (χ0) is 22.5. The molecule has 4 rings (SSSR count). The average Bonchev–Trinajstić information content (AvgIpc) is 3.09. The van der Waals surface area contributed by atoms with Gasteiger partial charge >= 0.3 is 0 Å². The first-order chi connectivity index (χ1) is 15.5. The number of amidine groups is 1. The van der Waals surface area contributed by atoms with Crippen LogP contribution in [0.5, 0.6) is 5.75 Å². The van der Waals surface area contributed by atoms with Crippen LogP contribution in [0.4, 0.5) is 5.69 Å². The highest BCUT2D eigenvalue weighted by atomic mass is 35.5. The van der Waals surface area contributed by atoms with Gasteiger partial charge in [0.2, 0.25) is 0 Å². The third-order valence-corrected chi connectivity index (χ3v) is 6.15. The lowest BCUT2D eigenvalue weighted by molar-refractivity contribution is -0.122. The molecule has 2 aromatic carbocycles. The van der Waals surface area contributed by atoms with Crippen molar-refractivity contribution in [3.63, 3.8) is 0 Å². The molecule has 0 spiro atoms. The van der Waals surface area contributed by atoms with E-state index in [1.54, 1.807) is 17.2 Å². The van der Waals surface area contributed by atoms with Gasteiger partial charge in [-0.05, 0) is 61.0 Å². The fraction of sp³-hybridized carbons (Fsp3) is 0.160. The van der Waals surface area contributed by atoms with Crippen molar-refractivity contribution in [3.05, 3.63) is 93.6 Å². The maximum Gasteiger partial charge on any atom is 0.266 e. The molecule has 1 saturated heterocycles. The molecule has 32 heavy (non-hydrogen) atoms. The number of hydrogen-bond donors (Lipinski definition) is 0. The maximum absolute atomic E-state index is 12.9. The Hall–Kier alpha value is -3.09. The van der Waals surface area contributed by atoms with Gasteiger partial charge in [0, 0.05) is 18.9 Å². The first-order valence-corrected chi connectivity index (χ1v) is 11.4. The van der Waals surface area contributed by atoms with Gasteiger partial charge in [-0.2, -0.15) is 0 Å². The number of halogens is 1. The van der Waals surface area contributed by atoms with Gasteiger partial charge in [-0.15, -0.1) is 0 Å². The van der Waals surface area contributed by atoms with E-state index in [9.17, 15) is 4.79 Å². The number of rotatable bonds is 6. The number of pyridine rings is 1. The number of hydrogen-bond acceptors (Lipinski definition) is 5. The van der Waals surface area contributed by atoms with E-state index in [0.717, 1.165) is 16.9 Å². The van der Waals surface area contributed by atoms with Crippen molar-refractivity contribution in [2.45, 2.75) is 20.5 Å². The van der Waals surface area contributed by atoms with Gasteiger partial charge < -0.3 is 4.74 Å². The van der Waals surface area contributed by atoms with Crippen LogP contribution in [-0.4, -0.2) is 27.5 Å². The monoisotopic (exact) mass is 463 g/mol. The number of aryl methyl sites for hydroxylation is 1. The lowest BCUT2D eigenvalue weighted by Gasteiger charge is -2.12. The lowest BCUT2D eigenvalue weighted by atomic mass is 10.1. The Bertz CT molecular complexity index is 1190. The minimum Gasteiger partial charge on any atom is -0.489 e. The first kappa shape index (κ1) is 22.1. The highest BCUT2D eigenvalue weighted by molar-refractivity contribution is 8.18. The van der Waals surface area contributed by atoms with E-state index in [2.05, 4.69) is 41.2 Å². The Labute approximate surface area is 196 Å². The molecule has 0 N–H and O–H groups in total. The van der Waals surface area contributed by atoms with Crippen molar-refractivity contribution in [1.29, 1.82) is 0 Å². The Morgan fingerprint density at radius 2 is 2.00 bits per heavy atom. The van der Waals surface area contributed by atoms with Crippen molar-refractivity contribution >= 4 is 46.2 Å². The summed E-state index contributed by atoms with van der Waals surface area (Å²) in [5.74, 6) is 0.674. The first-order valence-electron chi connectivity index (χ1n) is 10.2. The molecule has 1 aromatic heterocycles. The molecule has 7 heteroatoms. The van der Waals surface area contributed by atoms with Crippen molar-refractivity contribution in [1.82, 2.24) is 9.88 Å². The summed E-state index contributed by atoms with van der Waals surface area (Å²) in [7, 11) is 0. The molecule has 2 heterocycles. The molecule has 0 saturated carbocycles. The number of carbonyl (C=O) groups is 1. The Morgan fingerprint density at radius 3 is 2.75 bits per heavy atom. The van der Waals surface area contributed by atoms with Gasteiger partial charge in [0.25, 0.3) is 5.91 Å².